The number of aryl methyl sites for hydroxylation is 1. The summed E-state index contributed by atoms with van der Waals surface area (Å²) in [4.78, 5) is 4.44. The second-order valence-corrected chi connectivity index (χ2v) is 4.81. The van der Waals surface area contributed by atoms with E-state index < -0.39 is 0 Å². The first-order chi connectivity index (χ1) is 6.72. The largest absolute Gasteiger partial charge is 0.353 e. The lowest BCUT2D eigenvalue weighted by atomic mass is 9.96. The van der Waals surface area contributed by atoms with E-state index in [4.69, 9.17) is 0 Å². The summed E-state index contributed by atoms with van der Waals surface area (Å²) >= 11 is 1.47. The van der Waals surface area contributed by atoms with Crippen molar-refractivity contribution in [2.45, 2.75) is 32.2 Å². The Hall–Kier alpha value is -0.680. The van der Waals surface area contributed by atoms with Gasteiger partial charge in [-0.1, -0.05) is 6.92 Å². The maximum Gasteiger partial charge on any atom is 0.203 e. The van der Waals surface area contributed by atoms with Crippen molar-refractivity contribution in [2.24, 2.45) is 0 Å². The molecule has 1 aromatic rings. The van der Waals surface area contributed by atoms with Crippen molar-refractivity contribution in [1.82, 2.24) is 14.7 Å². The van der Waals surface area contributed by atoms with E-state index in [1.54, 1.807) is 0 Å². The number of anilines is 1. The predicted octanol–water partition coefficient (Wildman–Crippen LogP) is 1.26. The monoisotopic (exact) mass is 212 g/mol. The first-order valence-corrected chi connectivity index (χ1v) is 5.81. The van der Waals surface area contributed by atoms with Crippen LogP contribution in [0.15, 0.2) is 0 Å². The molecule has 2 N–H and O–H groups in total. The Morgan fingerprint density at radius 1 is 1.57 bits per heavy atom. The molecule has 14 heavy (non-hydrogen) atoms. The molecule has 0 aliphatic carbocycles. The second kappa shape index (κ2) is 3.82. The molecule has 2 heterocycles. The minimum absolute atomic E-state index is 0.184. The second-order valence-electron chi connectivity index (χ2n) is 4.05. The maximum atomic E-state index is 4.44. The predicted molar refractivity (Wildman–Crippen MR) is 58.8 cm³/mol. The van der Waals surface area contributed by atoms with E-state index >= 15 is 0 Å². The minimum atomic E-state index is 0.184. The van der Waals surface area contributed by atoms with E-state index in [9.17, 15) is 0 Å². The summed E-state index contributed by atoms with van der Waals surface area (Å²) in [5, 5.41) is 7.62. The molecule has 1 aliphatic rings. The standard InChI is InChI=1S/C9H16N4S/c1-3-4-7-11-8(14-13-7)12-9(2)5-10-6-9/h10H,3-6H2,1-2H3,(H,11,12,13). The van der Waals surface area contributed by atoms with Crippen LogP contribution in [-0.2, 0) is 6.42 Å². The summed E-state index contributed by atoms with van der Waals surface area (Å²) in [6.07, 6.45) is 2.09. The molecule has 4 nitrogen and oxygen atoms in total. The van der Waals surface area contributed by atoms with Crippen LogP contribution in [0.2, 0.25) is 0 Å². The fourth-order valence-corrected chi connectivity index (χ4v) is 2.24. The molecule has 0 amide bonds. The van der Waals surface area contributed by atoms with Gasteiger partial charge in [-0.25, -0.2) is 4.98 Å². The Labute approximate surface area is 88.3 Å². The van der Waals surface area contributed by atoms with E-state index in [0.29, 0.717) is 0 Å². The molecular weight excluding hydrogens is 196 g/mol. The van der Waals surface area contributed by atoms with Crippen LogP contribution < -0.4 is 10.6 Å². The minimum Gasteiger partial charge on any atom is -0.353 e. The number of rotatable bonds is 4. The van der Waals surface area contributed by atoms with Gasteiger partial charge in [-0.15, -0.1) is 0 Å². The van der Waals surface area contributed by atoms with Crippen molar-refractivity contribution < 1.29 is 0 Å². The van der Waals surface area contributed by atoms with E-state index in [1.165, 1.54) is 11.5 Å². The number of hydrogen-bond acceptors (Lipinski definition) is 5. The van der Waals surface area contributed by atoms with Gasteiger partial charge in [0.25, 0.3) is 0 Å². The number of nitrogens with one attached hydrogen (secondary N) is 2. The van der Waals surface area contributed by atoms with Crippen molar-refractivity contribution >= 4 is 16.7 Å². The average molecular weight is 212 g/mol. The summed E-state index contributed by atoms with van der Waals surface area (Å²) < 4.78 is 4.30. The topological polar surface area (TPSA) is 49.8 Å². The van der Waals surface area contributed by atoms with Gasteiger partial charge in [-0.3, -0.25) is 0 Å². The van der Waals surface area contributed by atoms with Crippen LogP contribution in [-0.4, -0.2) is 28.0 Å². The average Bonchev–Trinajstić information content (AvgIpc) is 2.51. The normalized spacial score (nSPS) is 19.0. The van der Waals surface area contributed by atoms with Crippen molar-refractivity contribution in [1.29, 1.82) is 0 Å². The molecule has 0 unspecified atom stereocenters. The summed E-state index contributed by atoms with van der Waals surface area (Å²) in [5.74, 6) is 0.968. The van der Waals surface area contributed by atoms with Crippen LogP contribution in [0.25, 0.3) is 0 Å². The van der Waals surface area contributed by atoms with E-state index in [0.717, 1.165) is 36.9 Å². The number of aromatic nitrogens is 2. The van der Waals surface area contributed by atoms with Gasteiger partial charge in [0.1, 0.15) is 5.82 Å². The zero-order valence-electron chi connectivity index (χ0n) is 8.63. The summed E-state index contributed by atoms with van der Waals surface area (Å²) in [5.41, 5.74) is 0.184. The lowest BCUT2D eigenvalue weighted by molar-refractivity contribution is 0.338. The van der Waals surface area contributed by atoms with Gasteiger partial charge in [0.15, 0.2) is 0 Å². The van der Waals surface area contributed by atoms with Crippen molar-refractivity contribution in [3.05, 3.63) is 5.82 Å². The summed E-state index contributed by atoms with van der Waals surface area (Å²) in [6, 6.07) is 0. The fourth-order valence-electron chi connectivity index (χ4n) is 1.48. The fraction of sp³-hybridized carbons (Fsp3) is 0.778. The van der Waals surface area contributed by atoms with Crippen molar-refractivity contribution in [3.63, 3.8) is 0 Å². The number of nitrogens with zero attached hydrogens (tertiary/aromatic N) is 2. The maximum absolute atomic E-state index is 4.44. The lowest BCUT2D eigenvalue weighted by Gasteiger charge is -2.39. The summed E-state index contributed by atoms with van der Waals surface area (Å²) in [6.45, 7) is 6.36. The zero-order chi connectivity index (χ0) is 10.0. The Morgan fingerprint density at radius 3 is 2.93 bits per heavy atom. The molecule has 0 radical (unpaired) electrons. The molecule has 0 aromatic carbocycles. The van der Waals surface area contributed by atoms with Gasteiger partial charge in [-0.2, -0.15) is 4.37 Å². The third-order valence-electron chi connectivity index (χ3n) is 2.38. The van der Waals surface area contributed by atoms with Crippen LogP contribution in [0.4, 0.5) is 5.13 Å². The first kappa shape index (κ1) is 9.86. The Balaban J connectivity index is 1.95. The van der Waals surface area contributed by atoms with Crippen LogP contribution in [0.3, 0.4) is 0 Å². The third-order valence-corrected chi connectivity index (χ3v) is 3.05. The van der Waals surface area contributed by atoms with Gasteiger partial charge < -0.3 is 10.6 Å². The Morgan fingerprint density at radius 2 is 2.36 bits per heavy atom. The van der Waals surface area contributed by atoms with Crippen molar-refractivity contribution in [2.75, 3.05) is 18.4 Å². The highest BCUT2D eigenvalue weighted by molar-refractivity contribution is 7.09. The molecule has 1 aromatic heterocycles. The molecule has 0 saturated carbocycles. The van der Waals surface area contributed by atoms with E-state index in [-0.39, 0.29) is 5.54 Å². The van der Waals surface area contributed by atoms with Gasteiger partial charge in [0, 0.05) is 31.0 Å². The van der Waals surface area contributed by atoms with E-state index in [1.807, 2.05) is 0 Å². The number of hydrogen-bond donors (Lipinski definition) is 2. The first-order valence-electron chi connectivity index (χ1n) is 5.03. The molecule has 0 atom stereocenters. The van der Waals surface area contributed by atoms with Crippen LogP contribution >= 0.6 is 11.5 Å². The van der Waals surface area contributed by atoms with Gasteiger partial charge in [0.2, 0.25) is 5.13 Å². The van der Waals surface area contributed by atoms with E-state index in [2.05, 4.69) is 33.8 Å². The molecular formula is C9H16N4S. The summed E-state index contributed by atoms with van der Waals surface area (Å²) in [7, 11) is 0. The van der Waals surface area contributed by atoms with Gasteiger partial charge >= 0.3 is 0 Å². The van der Waals surface area contributed by atoms with Crippen LogP contribution in [0.1, 0.15) is 26.1 Å². The highest BCUT2D eigenvalue weighted by Gasteiger charge is 2.32. The van der Waals surface area contributed by atoms with Crippen LogP contribution in [0, 0.1) is 0 Å². The smallest absolute Gasteiger partial charge is 0.203 e. The molecule has 1 fully saturated rings. The molecule has 0 spiro atoms. The Kier molecular flexibility index (Phi) is 2.69. The molecule has 2 rings (SSSR count). The quantitative estimate of drug-likeness (QED) is 0.789. The molecule has 0 bridgehead atoms. The lowest BCUT2D eigenvalue weighted by Crippen LogP contribution is -2.62. The highest BCUT2D eigenvalue weighted by atomic mass is 32.1. The zero-order valence-corrected chi connectivity index (χ0v) is 9.45. The van der Waals surface area contributed by atoms with Crippen LogP contribution in [0.5, 0.6) is 0 Å². The third kappa shape index (κ3) is 2.04. The molecule has 1 saturated heterocycles. The van der Waals surface area contributed by atoms with Crippen molar-refractivity contribution in [3.8, 4) is 0 Å². The Bertz CT molecular complexity index is 306. The molecule has 5 heteroatoms. The highest BCUT2D eigenvalue weighted by Crippen LogP contribution is 2.20. The molecule has 78 valence electrons. The molecule has 1 aliphatic heterocycles. The SMILES string of the molecule is CCCc1nsc(NC2(C)CNC2)n1. The van der Waals surface area contributed by atoms with Gasteiger partial charge in [-0.05, 0) is 13.3 Å². The van der Waals surface area contributed by atoms with Gasteiger partial charge in [0.05, 0.1) is 5.54 Å².